The molecule has 3 rings (SSSR count). The van der Waals surface area contributed by atoms with Crippen LogP contribution in [0.5, 0.6) is 0 Å². The molecule has 0 aliphatic rings. The molecule has 3 aromatic rings. The summed E-state index contributed by atoms with van der Waals surface area (Å²) in [5.74, 6) is -2.10. The van der Waals surface area contributed by atoms with E-state index in [1.54, 1.807) is 37.3 Å². The number of rotatable bonds is 6. The number of carboxylic acids is 1. The fraction of sp³-hybridized carbons (Fsp3) is 0.190. The van der Waals surface area contributed by atoms with Crippen LogP contribution in [-0.4, -0.2) is 22.1 Å². The minimum Gasteiger partial charge on any atom is -0.481 e. The second-order valence-electron chi connectivity index (χ2n) is 6.48. The molecule has 5 heteroatoms. The normalized spacial score (nSPS) is 15.9. The highest BCUT2D eigenvalue weighted by atomic mass is 31.2. The van der Waals surface area contributed by atoms with Crippen LogP contribution in [0.2, 0.25) is 0 Å². The molecule has 0 amide bonds. The molecule has 0 saturated carbocycles. The van der Waals surface area contributed by atoms with E-state index in [0.29, 0.717) is 5.56 Å². The summed E-state index contributed by atoms with van der Waals surface area (Å²) < 4.78 is 13.1. The van der Waals surface area contributed by atoms with E-state index < -0.39 is 24.9 Å². The van der Waals surface area contributed by atoms with Gasteiger partial charge in [0, 0.05) is 6.16 Å². The van der Waals surface area contributed by atoms with Gasteiger partial charge in [0.25, 0.3) is 0 Å². The molecule has 26 heavy (non-hydrogen) atoms. The molecule has 2 N–H and O–H groups in total. The summed E-state index contributed by atoms with van der Waals surface area (Å²) in [5, 5.41) is 11.5. The largest absolute Gasteiger partial charge is 0.481 e. The number of benzene rings is 3. The van der Waals surface area contributed by atoms with Gasteiger partial charge in [-0.15, -0.1) is 0 Å². The van der Waals surface area contributed by atoms with Crippen LogP contribution in [0.4, 0.5) is 0 Å². The molecule has 3 unspecified atom stereocenters. The van der Waals surface area contributed by atoms with Crippen LogP contribution >= 0.6 is 7.37 Å². The molecular formula is C21H21O4P. The van der Waals surface area contributed by atoms with Gasteiger partial charge in [-0.1, -0.05) is 72.8 Å². The first-order valence-electron chi connectivity index (χ1n) is 8.47. The van der Waals surface area contributed by atoms with Gasteiger partial charge in [-0.25, -0.2) is 0 Å². The molecule has 0 saturated heterocycles. The molecule has 0 spiro atoms. The summed E-state index contributed by atoms with van der Waals surface area (Å²) in [6.45, 7) is 1.70. The van der Waals surface area contributed by atoms with E-state index in [9.17, 15) is 19.4 Å². The third-order valence-corrected chi connectivity index (χ3v) is 7.20. The van der Waals surface area contributed by atoms with Crippen LogP contribution in [0, 0.1) is 0 Å². The second kappa shape index (κ2) is 7.45. The Morgan fingerprint density at radius 1 is 0.962 bits per heavy atom. The molecule has 0 aromatic heterocycles. The Bertz CT molecular complexity index is 963. The zero-order valence-corrected chi connectivity index (χ0v) is 15.3. The molecule has 3 atom stereocenters. The summed E-state index contributed by atoms with van der Waals surface area (Å²) >= 11 is 0. The van der Waals surface area contributed by atoms with Gasteiger partial charge in [-0.2, -0.15) is 0 Å². The van der Waals surface area contributed by atoms with E-state index in [1.807, 2.05) is 42.5 Å². The predicted molar refractivity (Wildman–Crippen MR) is 104 cm³/mol. The van der Waals surface area contributed by atoms with Crippen molar-refractivity contribution < 1.29 is 19.4 Å². The van der Waals surface area contributed by atoms with Gasteiger partial charge >= 0.3 is 5.97 Å². The zero-order valence-electron chi connectivity index (χ0n) is 14.4. The van der Waals surface area contributed by atoms with Gasteiger partial charge in [-0.3, -0.25) is 9.36 Å². The highest BCUT2D eigenvalue weighted by molar-refractivity contribution is 7.58. The van der Waals surface area contributed by atoms with Crippen LogP contribution in [0.1, 0.15) is 29.6 Å². The predicted octanol–water partition coefficient (Wildman–Crippen LogP) is 5.04. The van der Waals surface area contributed by atoms with Crippen molar-refractivity contribution in [3.63, 3.8) is 0 Å². The molecule has 0 radical (unpaired) electrons. The van der Waals surface area contributed by atoms with E-state index in [-0.39, 0.29) is 6.16 Å². The van der Waals surface area contributed by atoms with Crippen molar-refractivity contribution in [2.75, 3.05) is 6.16 Å². The van der Waals surface area contributed by atoms with Crippen LogP contribution < -0.4 is 0 Å². The highest BCUT2D eigenvalue weighted by Gasteiger charge is 2.35. The minimum absolute atomic E-state index is 0.295. The molecule has 0 aliphatic carbocycles. The van der Waals surface area contributed by atoms with Crippen molar-refractivity contribution >= 4 is 24.1 Å². The number of fused-ring (bicyclic) bond motifs is 1. The standard InChI is InChI=1S/C21H21O4P/c1-15(18-13-7-11-16-10-5-6-12-19(16)18)26(24,25)14-20(21(22)23)17-8-3-2-4-9-17/h2-13,15,20H,14H2,1H3,(H,22,23)(H,24,25). The Kier molecular flexibility index (Phi) is 5.26. The SMILES string of the molecule is CC(c1cccc2ccccc12)P(=O)(O)CC(C(=O)O)c1ccccc1. The van der Waals surface area contributed by atoms with Crippen molar-refractivity contribution in [2.45, 2.75) is 18.5 Å². The van der Waals surface area contributed by atoms with Crippen LogP contribution in [0.15, 0.2) is 72.8 Å². The number of hydrogen-bond donors (Lipinski definition) is 2. The molecule has 4 nitrogen and oxygen atoms in total. The van der Waals surface area contributed by atoms with Crippen LogP contribution in [0.25, 0.3) is 10.8 Å². The van der Waals surface area contributed by atoms with Gasteiger partial charge in [0.15, 0.2) is 0 Å². The van der Waals surface area contributed by atoms with E-state index in [1.165, 1.54) is 0 Å². The van der Waals surface area contributed by atoms with Gasteiger partial charge < -0.3 is 10.00 Å². The van der Waals surface area contributed by atoms with Crippen molar-refractivity contribution in [1.29, 1.82) is 0 Å². The molecule has 3 aromatic carbocycles. The van der Waals surface area contributed by atoms with Gasteiger partial charge in [0.05, 0.1) is 11.6 Å². The van der Waals surface area contributed by atoms with E-state index in [2.05, 4.69) is 0 Å². The lowest BCUT2D eigenvalue weighted by molar-refractivity contribution is -0.138. The second-order valence-corrected chi connectivity index (χ2v) is 9.14. The van der Waals surface area contributed by atoms with E-state index in [4.69, 9.17) is 0 Å². The Hall–Kier alpha value is -2.42. The Morgan fingerprint density at radius 3 is 2.27 bits per heavy atom. The molecule has 0 bridgehead atoms. The third-order valence-electron chi connectivity index (χ3n) is 4.82. The van der Waals surface area contributed by atoms with E-state index in [0.717, 1.165) is 16.3 Å². The van der Waals surface area contributed by atoms with Gasteiger partial charge in [-0.05, 0) is 28.8 Å². The Balaban J connectivity index is 1.96. The van der Waals surface area contributed by atoms with Crippen molar-refractivity contribution in [3.05, 3.63) is 83.9 Å². The molecular weight excluding hydrogens is 347 g/mol. The lowest BCUT2D eigenvalue weighted by atomic mass is 10.0. The van der Waals surface area contributed by atoms with Gasteiger partial charge in [0.2, 0.25) is 7.37 Å². The summed E-state index contributed by atoms with van der Waals surface area (Å²) in [6, 6.07) is 22.0. The first-order valence-corrected chi connectivity index (χ1v) is 10.4. The van der Waals surface area contributed by atoms with Crippen molar-refractivity contribution in [2.24, 2.45) is 0 Å². The van der Waals surface area contributed by atoms with Crippen LogP contribution in [0.3, 0.4) is 0 Å². The van der Waals surface area contributed by atoms with Crippen LogP contribution in [-0.2, 0) is 9.36 Å². The topological polar surface area (TPSA) is 74.6 Å². The molecule has 0 aliphatic heterocycles. The number of carbonyl (C=O) groups is 1. The fourth-order valence-corrected chi connectivity index (χ4v) is 5.13. The average molecular weight is 368 g/mol. The Morgan fingerprint density at radius 2 is 1.58 bits per heavy atom. The lowest BCUT2D eigenvalue weighted by Crippen LogP contribution is -2.17. The monoisotopic (exact) mass is 368 g/mol. The highest BCUT2D eigenvalue weighted by Crippen LogP contribution is 2.58. The first kappa shape index (κ1) is 18.4. The summed E-state index contributed by atoms with van der Waals surface area (Å²) in [5.41, 5.74) is 0.657. The average Bonchev–Trinajstić information content (AvgIpc) is 2.65. The first-order chi connectivity index (χ1) is 12.4. The number of carboxylic acid groups (broad SMARTS) is 1. The lowest BCUT2D eigenvalue weighted by Gasteiger charge is -2.24. The van der Waals surface area contributed by atoms with E-state index >= 15 is 0 Å². The quantitative estimate of drug-likeness (QED) is 0.598. The maximum atomic E-state index is 13.1. The third kappa shape index (κ3) is 3.72. The number of aliphatic carboxylic acids is 1. The van der Waals surface area contributed by atoms with Gasteiger partial charge in [0.1, 0.15) is 0 Å². The summed E-state index contributed by atoms with van der Waals surface area (Å²) in [7, 11) is -3.77. The fourth-order valence-electron chi connectivity index (χ4n) is 3.26. The molecule has 0 fully saturated rings. The molecule has 134 valence electrons. The number of hydrogen-bond acceptors (Lipinski definition) is 2. The summed E-state index contributed by atoms with van der Waals surface area (Å²) in [4.78, 5) is 22.5. The van der Waals surface area contributed by atoms with Crippen molar-refractivity contribution in [3.8, 4) is 0 Å². The minimum atomic E-state index is -3.77. The maximum Gasteiger partial charge on any atom is 0.311 e. The maximum absolute atomic E-state index is 13.1. The zero-order chi connectivity index (χ0) is 18.7. The smallest absolute Gasteiger partial charge is 0.311 e. The summed E-state index contributed by atoms with van der Waals surface area (Å²) in [6.07, 6.45) is -0.295. The van der Waals surface area contributed by atoms with Crippen molar-refractivity contribution in [1.82, 2.24) is 0 Å². The Labute approximate surface area is 152 Å². The molecule has 0 heterocycles.